The highest BCUT2D eigenvalue weighted by atomic mass is 79.9. The molecule has 0 spiro atoms. The molecule has 18 heavy (non-hydrogen) atoms. The van der Waals surface area contributed by atoms with Crippen molar-refractivity contribution in [3.8, 4) is 0 Å². The average molecular weight is 312 g/mol. The molecule has 1 fully saturated rings. The molecule has 1 aromatic rings. The van der Waals surface area contributed by atoms with Gasteiger partial charge in [-0.3, -0.25) is 4.79 Å². The normalized spacial score (nSPS) is 18.8. The molecule has 1 atom stereocenters. The Labute approximate surface area is 116 Å². The van der Waals surface area contributed by atoms with Crippen LogP contribution in [0, 0.1) is 0 Å². The van der Waals surface area contributed by atoms with Gasteiger partial charge in [-0.15, -0.1) is 0 Å². The summed E-state index contributed by atoms with van der Waals surface area (Å²) in [5.41, 5.74) is 1.04. The van der Waals surface area contributed by atoms with E-state index in [1.54, 1.807) is 0 Å². The molecule has 0 radical (unpaired) electrons. The molecule has 0 bridgehead atoms. The van der Waals surface area contributed by atoms with Crippen molar-refractivity contribution in [2.75, 3.05) is 13.2 Å². The van der Waals surface area contributed by atoms with Crippen molar-refractivity contribution in [1.29, 1.82) is 0 Å². The topological polar surface area (TPSA) is 38.3 Å². The number of hydrogen-bond donors (Lipinski definition) is 1. The highest BCUT2D eigenvalue weighted by Gasteiger charge is 2.15. The van der Waals surface area contributed by atoms with Gasteiger partial charge in [0, 0.05) is 17.6 Å². The third kappa shape index (κ3) is 4.42. The molecule has 0 aliphatic carbocycles. The van der Waals surface area contributed by atoms with Crippen LogP contribution in [0.3, 0.4) is 0 Å². The number of carbonyl (C=O) groups is 1. The van der Waals surface area contributed by atoms with E-state index in [1.165, 1.54) is 0 Å². The molecule has 4 heteroatoms. The Bertz CT molecular complexity index is 385. The molecule has 0 aromatic heterocycles. The van der Waals surface area contributed by atoms with Crippen molar-refractivity contribution >= 4 is 21.8 Å². The first-order valence-corrected chi connectivity index (χ1v) is 7.16. The van der Waals surface area contributed by atoms with E-state index in [0.717, 1.165) is 35.9 Å². The van der Waals surface area contributed by atoms with Crippen LogP contribution >= 0.6 is 15.9 Å². The van der Waals surface area contributed by atoms with Crippen LogP contribution < -0.4 is 5.32 Å². The summed E-state index contributed by atoms with van der Waals surface area (Å²) < 4.78 is 6.54. The van der Waals surface area contributed by atoms with E-state index in [4.69, 9.17) is 4.74 Å². The number of rotatable bonds is 5. The van der Waals surface area contributed by atoms with Gasteiger partial charge in [-0.1, -0.05) is 28.1 Å². The van der Waals surface area contributed by atoms with Crippen LogP contribution in [0.25, 0.3) is 0 Å². The van der Waals surface area contributed by atoms with Crippen LogP contribution in [0.2, 0.25) is 0 Å². The molecule has 1 amide bonds. The van der Waals surface area contributed by atoms with Gasteiger partial charge in [0.05, 0.1) is 12.5 Å². The molecule has 1 heterocycles. The highest BCUT2D eigenvalue weighted by Crippen LogP contribution is 2.14. The zero-order chi connectivity index (χ0) is 12.8. The number of halogens is 1. The molecule has 2 rings (SSSR count). The SMILES string of the molecule is O=C(Cc1ccc(Br)cc1)NCCC1CCCO1. The lowest BCUT2D eigenvalue weighted by Gasteiger charge is -2.10. The van der Waals surface area contributed by atoms with Crippen molar-refractivity contribution in [2.24, 2.45) is 0 Å². The summed E-state index contributed by atoms with van der Waals surface area (Å²) in [6, 6.07) is 7.83. The van der Waals surface area contributed by atoms with Crippen molar-refractivity contribution in [3.63, 3.8) is 0 Å². The molecule has 0 saturated carbocycles. The van der Waals surface area contributed by atoms with Gasteiger partial charge in [-0.05, 0) is 37.0 Å². The lowest BCUT2D eigenvalue weighted by Crippen LogP contribution is -2.28. The molecule has 1 saturated heterocycles. The maximum absolute atomic E-state index is 11.7. The third-order valence-corrected chi connectivity index (χ3v) is 3.62. The number of hydrogen-bond acceptors (Lipinski definition) is 2. The minimum atomic E-state index is 0.0790. The van der Waals surface area contributed by atoms with Gasteiger partial charge in [0.25, 0.3) is 0 Å². The quantitative estimate of drug-likeness (QED) is 0.908. The van der Waals surface area contributed by atoms with Gasteiger partial charge < -0.3 is 10.1 Å². The summed E-state index contributed by atoms with van der Waals surface area (Å²) in [7, 11) is 0. The Balaban J connectivity index is 1.66. The second-order valence-electron chi connectivity index (χ2n) is 4.58. The van der Waals surface area contributed by atoms with Crippen LogP contribution in [0.15, 0.2) is 28.7 Å². The predicted octanol–water partition coefficient (Wildman–Crippen LogP) is 2.68. The second kappa shape index (κ2) is 6.90. The number of carbonyl (C=O) groups excluding carboxylic acids is 1. The van der Waals surface area contributed by atoms with Crippen molar-refractivity contribution in [3.05, 3.63) is 34.3 Å². The standard InChI is InChI=1S/C14H18BrNO2/c15-12-5-3-11(4-6-12)10-14(17)16-8-7-13-2-1-9-18-13/h3-6,13H,1-2,7-10H2,(H,16,17). The number of amides is 1. The molecular weight excluding hydrogens is 294 g/mol. The first-order valence-electron chi connectivity index (χ1n) is 6.37. The average Bonchev–Trinajstić information content (AvgIpc) is 2.85. The zero-order valence-electron chi connectivity index (χ0n) is 10.3. The highest BCUT2D eigenvalue weighted by molar-refractivity contribution is 9.10. The van der Waals surface area contributed by atoms with Crippen LogP contribution in [0.5, 0.6) is 0 Å². The lowest BCUT2D eigenvalue weighted by molar-refractivity contribution is -0.120. The number of benzene rings is 1. The fourth-order valence-corrected chi connectivity index (χ4v) is 2.36. The number of nitrogens with one attached hydrogen (secondary N) is 1. The van der Waals surface area contributed by atoms with E-state index < -0.39 is 0 Å². The van der Waals surface area contributed by atoms with Crippen molar-refractivity contribution in [1.82, 2.24) is 5.32 Å². The van der Waals surface area contributed by atoms with E-state index in [-0.39, 0.29) is 5.91 Å². The Hall–Kier alpha value is -0.870. The van der Waals surface area contributed by atoms with Gasteiger partial charge in [-0.2, -0.15) is 0 Å². The van der Waals surface area contributed by atoms with E-state index in [2.05, 4.69) is 21.2 Å². The largest absolute Gasteiger partial charge is 0.378 e. The van der Waals surface area contributed by atoms with E-state index >= 15 is 0 Å². The maximum Gasteiger partial charge on any atom is 0.224 e. The molecule has 3 nitrogen and oxygen atoms in total. The van der Waals surface area contributed by atoms with Crippen molar-refractivity contribution in [2.45, 2.75) is 31.8 Å². The second-order valence-corrected chi connectivity index (χ2v) is 5.49. The van der Waals surface area contributed by atoms with E-state index in [0.29, 0.717) is 19.1 Å². The van der Waals surface area contributed by atoms with Gasteiger partial charge in [0.2, 0.25) is 5.91 Å². The molecule has 1 aliphatic heterocycles. The molecular formula is C14H18BrNO2. The first-order chi connectivity index (χ1) is 8.74. The Morgan fingerprint density at radius 1 is 1.39 bits per heavy atom. The summed E-state index contributed by atoms with van der Waals surface area (Å²) in [4.78, 5) is 11.7. The molecule has 1 aromatic carbocycles. The fourth-order valence-electron chi connectivity index (χ4n) is 2.09. The van der Waals surface area contributed by atoms with Crippen LogP contribution in [0.1, 0.15) is 24.8 Å². The molecule has 98 valence electrons. The minimum absolute atomic E-state index is 0.0790. The van der Waals surface area contributed by atoms with Crippen molar-refractivity contribution < 1.29 is 9.53 Å². The monoisotopic (exact) mass is 311 g/mol. The van der Waals surface area contributed by atoms with Gasteiger partial charge in [0.1, 0.15) is 0 Å². The van der Waals surface area contributed by atoms with Crippen LogP contribution in [-0.2, 0) is 16.0 Å². The molecule has 1 unspecified atom stereocenters. The lowest BCUT2D eigenvalue weighted by atomic mass is 10.1. The van der Waals surface area contributed by atoms with Gasteiger partial charge >= 0.3 is 0 Å². The first kappa shape index (κ1) is 13.6. The molecule has 1 N–H and O–H groups in total. The Morgan fingerprint density at radius 3 is 2.83 bits per heavy atom. The van der Waals surface area contributed by atoms with Crippen LogP contribution in [0.4, 0.5) is 0 Å². The summed E-state index contributed by atoms with van der Waals surface area (Å²) in [5, 5.41) is 2.94. The number of ether oxygens (including phenoxy) is 1. The van der Waals surface area contributed by atoms with E-state index in [9.17, 15) is 4.79 Å². The molecule has 1 aliphatic rings. The Morgan fingerprint density at radius 2 is 2.17 bits per heavy atom. The zero-order valence-corrected chi connectivity index (χ0v) is 11.9. The minimum Gasteiger partial charge on any atom is -0.378 e. The third-order valence-electron chi connectivity index (χ3n) is 3.09. The van der Waals surface area contributed by atoms with Crippen LogP contribution in [-0.4, -0.2) is 25.2 Å². The summed E-state index contributed by atoms with van der Waals surface area (Å²) in [6.07, 6.45) is 3.99. The summed E-state index contributed by atoms with van der Waals surface area (Å²) >= 11 is 3.38. The predicted molar refractivity (Wildman–Crippen MR) is 74.4 cm³/mol. The maximum atomic E-state index is 11.7. The van der Waals surface area contributed by atoms with E-state index in [1.807, 2.05) is 24.3 Å². The summed E-state index contributed by atoms with van der Waals surface area (Å²) in [6.45, 7) is 1.58. The Kier molecular flexibility index (Phi) is 5.20. The fraction of sp³-hybridized carbons (Fsp3) is 0.500. The summed E-state index contributed by atoms with van der Waals surface area (Å²) in [5.74, 6) is 0.0790. The van der Waals surface area contributed by atoms with Gasteiger partial charge in [0.15, 0.2) is 0 Å². The van der Waals surface area contributed by atoms with Gasteiger partial charge in [-0.25, -0.2) is 0 Å². The smallest absolute Gasteiger partial charge is 0.224 e.